The van der Waals surface area contributed by atoms with Crippen molar-refractivity contribution in [2.24, 2.45) is 0 Å². The molecule has 0 aliphatic heterocycles. The van der Waals surface area contributed by atoms with Gasteiger partial charge in [0.25, 0.3) is 0 Å². The Hall–Kier alpha value is -0.820. The fourth-order valence-corrected chi connectivity index (χ4v) is 0.530. The first-order chi connectivity index (χ1) is 4.85. The van der Waals surface area contributed by atoms with Gasteiger partial charge in [0.05, 0.1) is 6.61 Å². The van der Waals surface area contributed by atoms with Gasteiger partial charge in [-0.3, -0.25) is 0 Å². The van der Waals surface area contributed by atoms with Gasteiger partial charge >= 0.3 is 0 Å². The molecular formula is C9H14O. The lowest BCUT2D eigenvalue weighted by molar-refractivity contribution is 0.335. The van der Waals surface area contributed by atoms with Crippen LogP contribution >= 0.6 is 0 Å². The summed E-state index contributed by atoms with van der Waals surface area (Å²) in [6, 6.07) is 0. The van der Waals surface area contributed by atoms with Crippen molar-refractivity contribution >= 4 is 0 Å². The van der Waals surface area contributed by atoms with Crippen LogP contribution in [0.1, 0.15) is 13.8 Å². The van der Waals surface area contributed by atoms with Gasteiger partial charge in [0.2, 0.25) is 0 Å². The third-order valence-electron chi connectivity index (χ3n) is 1.17. The molecule has 0 aromatic rings. The lowest BCUT2D eigenvalue weighted by Crippen LogP contribution is -1.83. The molecular weight excluding hydrogens is 124 g/mol. The van der Waals surface area contributed by atoms with Crippen LogP contribution in [-0.4, -0.2) is 11.7 Å². The van der Waals surface area contributed by atoms with Gasteiger partial charge in [0.15, 0.2) is 0 Å². The van der Waals surface area contributed by atoms with E-state index in [1.165, 1.54) is 0 Å². The molecule has 0 aliphatic rings. The molecule has 0 fully saturated rings. The van der Waals surface area contributed by atoms with E-state index < -0.39 is 0 Å². The molecule has 0 aromatic carbocycles. The van der Waals surface area contributed by atoms with Gasteiger partial charge < -0.3 is 5.11 Å². The van der Waals surface area contributed by atoms with Crippen molar-refractivity contribution in [1.82, 2.24) is 0 Å². The van der Waals surface area contributed by atoms with Crippen LogP contribution in [0.4, 0.5) is 0 Å². The molecule has 0 unspecified atom stereocenters. The number of hydrogen-bond donors (Lipinski definition) is 1. The standard InChI is InChI=1S/C9H14O/c1-3-5-6-7-9(4-2)8-10/h3-7,10H,8H2,1-2H3/b5-3-,7-6-,9-4+. The smallest absolute Gasteiger partial charge is 0.0678 e. The van der Waals surface area contributed by atoms with Crippen molar-refractivity contribution in [3.8, 4) is 0 Å². The van der Waals surface area contributed by atoms with Gasteiger partial charge in [-0.05, 0) is 19.4 Å². The highest BCUT2D eigenvalue weighted by Crippen LogP contribution is 1.94. The molecule has 0 aliphatic carbocycles. The number of aliphatic hydroxyl groups excluding tert-OH is 1. The van der Waals surface area contributed by atoms with E-state index in [-0.39, 0.29) is 6.61 Å². The van der Waals surface area contributed by atoms with Gasteiger partial charge in [-0.2, -0.15) is 0 Å². The topological polar surface area (TPSA) is 20.2 Å². The SMILES string of the molecule is C\C=C/C=C\C(=C/C)CO. The zero-order valence-electron chi connectivity index (χ0n) is 6.54. The number of rotatable bonds is 3. The summed E-state index contributed by atoms with van der Waals surface area (Å²) in [5.74, 6) is 0. The zero-order valence-corrected chi connectivity index (χ0v) is 6.54. The summed E-state index contributed by atoms with van der Waals surface area (Å²) in [6.07, 6.45) is 9.56. The molecule has 0 atom stereocenters. The van der Waals surface area contributed by atoms with E-state index >= 15 is 0 Å². The van der Waals surface area contributed by atoms with Crippen LogP contribution in [0.3, 0.4) is 0 Å². The first-order valence-corrected chi connectivity index (χ1v) is 3.40. The van der Waals surface area contributed by atoms with Crippen molar-refractivity contribution in [3.05, 3.63) is 36.0 Å². The maximum atomic E-state index is 8.68. The first kappa shape index (κ1) is 9.18. The molecule has 1 heteroatoms. The summed E-state index contributed by atoms with van der Waals surface area (Å²) in [6.45, 7) is 3.98. The molecule has 0 rings (SSSR count). The number of hydrogen-bond acceptors (Lipinski definition) is 1. The fourth-order valence-electron chi connectivity index (χ4n) is 0.530. The molecule has 0 saturated heterocycles. The van der Waals surface area contributed by atoms with Crippen molar-refractivity contribution in [1.29, 1.82) is 0 Å². The van der Waals surface area contributed by atoms with E-state index in [0.29, 0.717) is 0 Å². The monoisotopic (exact) mass is 138 g/mol. The summed E-state index contributed by atoms with van der Waals surface area (Å²) in [4.78, 5) is 0. The Morgan fingerprint density at radius 1 is 1.30 bits per heavy atom. The molecule has 10 heavy (non-hydrogen) atoms. The van der Waals surface area contributed by atoms with E-state index in [9.17, 15) is 0 Å². The van der Waals surface area contributed by atoms with Gasteiger partial charge in [0.1, 0.15) is 0 Å². The normalized spacial score (nSPS) is 13.7. The largest absolute Gasteiger partial charge is 0.392 e. The second-order valence-electron chi connectivity index (χ2n) is 1.91. The summed E-state index contributed by atoms with van der Waals surface area (Å²) in [5, 5.41) is 8.68. The number of allylic oxidation sites excluding steroid dienone is 4. The van der Waals surface area contributed by atoms with Crippen molar-refractivity contribution in [2.75, 3.05) is 6.61 Å². The molecule has 0 amide bonds. The lowest BCUT2D eigenvalue weighted by Gasteiger charge is -1.90. The third-order valence-corrected chi connectivity index (χ3v) is 1.17. The fraction of sp³-hybridized carbons (Fsp3) is 0.333. The van der Waals surface area contributed by atoms with Gasteiger partial charge in [-0.1, -0.05) is 30.4 Å². The average molecular weight is 138 g/mol. The molecule has 0 heterocycles. The molecule has 0 radical (unpaired) electrons. The molecule has 0 bridgehead atoms. The summed E-state index contributed by atoms with van der Waals surface area (Å²) < 4.78 is 0. The van der Waals surface area contributed by atoms with E-state index in [2.05, 4.69) is 0 Å². The minimum absolute atomic E-state index is 0.116. The summed E-state index contributed by atoms with van der Waals surface area (Å²) in [5.41, 5.74) is 0.943. The highest BCUT2D eigenvalue weighted by molar-refractivity contribution is 5.21. The van der Waals surface area contributed by atoms with Crippen LogP contribution in [0.15, 0.2) is 36.0 Å². The molecule has 1 nitrogen and oxygen atoms in total. The Labute approximate surface area is 62.4 Å². The predicted octanol–water partition coefficient (Wildman–Crippen LogP) is 2.06. The maximum Gasteiger partial charge on any atom is 0.0678 e. The molecule has 0 spiro atoms. The van der Waals surface area contributed by atoms with E-state index in [1.807, 2.05) is 44.2 Å². The molecule has 1 N–H and O–H groups in total. The van der Waals surface area contributed by atoms with Crippen LogP contribution in [0.5, 0.6) is 0 Å². The first-order valence-electron chi connectivity index (χ1n) is 3.40. The van der Waals surface area contributed by atoms with Crippen LogP contribution in [0, 0.1) is 0 Å². The van der Waals surface area contributed by atoms with E-state index in [1.54, 1.807) is 0 Å². The Bertz CT molecular complexity index is 152. The summed E-state index contributed by atoms with van der Waals surface area (Å²) in [7, 11) is 0. The minimum atomic E-state index is 0.116. The minimum Gasteiger partial charge on any atom is -0.392 e. The van der Waals surface area contributed by atoms with Crippen LogP contribution in [-0.2, 0) is 0 Å². The quantitative estimate of drug-likeness (QED) is 0.592. The second kappa shape index (κ2) is 6.30. The highest BCUT2D eigenvalue weighted by atomic mass is 16.3. The molecule has 0 saturated carbocycles. The zero-order chi connectivity index (χ0) is 7.82. The maximum absolute atomic E-state index is 8.68. The van der Waals surface area contributed by atoms with Crippen molar-refractivity contribution in [3.63, 3.8) is 0 Å². The Morgan fingerprint density at radius 3 is 2.40 bits per heavy atom. The van der Waals surface area contributed by atoms with E-state index in [0.717, 1.165) is 5.57 Å². The van der Waals surface area contributed by atoms with Gasteiger partial charge in [0, 0.05) is 0 Å². The second-order valence-corrected chi connectivity index (χ2v) is 1.91. The Kier molecular flexibility index (Phi) is 5.79. The Balaban J connectivity index is 3.85. The van der Waals surface area contributed by atoms with Gasteiger partial charge in [-0.25, -0.2) is 0 Å². The van der Waals surface area contributed by atoms with Crippen LogP contribution < -0.4 is 0 Å². The van der Waals surface area contributed by atoms with Crippen molar-refractivity contribution < 1.29 is 5.11 Å². The van der Waals surface area contributed by atoms with Crippen LogP contribution in [0.25, 0.3) is 0 Å². The Morgan fingerprint density at radius 2 is 2.00 bits per heavy atom. The van der Waals surface area contributed by atoms with Gasteiger partial charge in [-0.15, -0.1) is 0 Å². The lowest BCUT2D eigenvalue weighted by atomic mass is 10.2. The van der Waals surface area contributed by atoms with E-state index in [4.69, 9.17) is 5.11 Å². The molecule has 56 valence electrons. The predicted molar refractivity (Wildman–Crippen MR) is 44.8 cm³/mol. The third kappa shape index (κ3) is 4.10. The highest BCUT2D eigenvalue weighted by Gasteiger charge is 1.81. The number of aliphatic hydroxyl groups is 1. The average Bonchev–Trinajstić information content (AvgIpc) is 1.99. The molecule has 0 aromatic heterocycles. The van der Waals surface area contributed by atoms with Crippen molar-refractivity contribution in [2.45, 2.75) is 13.8 Å². The summed E-state index contributed by atoms with van der Waals surface area (Å²) >= 11 is 0. The van der Waals surface area contributed by atoms with Crippen LogP contribution in [0.2, 0.25) is 0 Å².